The SMILES string of the molecule is CNCCC(NC(=O)C1(N)CCN(c2ncnc3[nH]ccc23)CC1)c1ccc(Cl)cc1.NC=O. The molecule has 1 saturated heterocycles. The molecule has 0 saturated carbocycles. The summed E-state index contributed by atoms with van der Waals surface area (Å²) in [6.07, 6.45) is 5.53. The summed E-state index contributed by atoms with van der Waals surface area (Å²) in [5.74, 6) is 0.763. The Kier molecular flexibility index (Phi) is 8.80. The molecule has 1 fully saturated rings. The summed E-state index contributed by atoms with van der Waals surface area (Å²) in [6, 6.07) is 9.43. The number of anilines is 1. The summed E-state index contributed by atoms with van der Waals surface area (Å²) in [7, 11) is 1.90. The van der Waals surface area contributed by atoms with Gasteiger partial charge in [-0.05, 0) is 56.6 Å². The number of H-pyrrole nitrogens is 1. The van der Waals surface area contributed by atoms with Crippen molar-refractivity contribution < 1.29 is 9.59 Å². The van der Waals surface area contributed by atoms with E-state index in [9.17, 15) is 4.79 Å². The Morgan fingerprint density at radius 1 is 1.26 bits per heavy atom. The minimum atomic E-state index is -0.912. The normalized spacial score (nSPS) is 15.8. The lowest BCUT2D eigenvalue weighted by Gasteiger charge is -2.39. The van der Waals surface area contributed by atoms with E-state index < -0.39 is 5.54 Å². The van der Waals surface area contributed by atoms with Crippen LogP contribution in [0.2, 0.25) is 5.02 Å². The number of rotatable bonds is 7. The second-order valence-electron chi connectivity index (χ2n) is 8.19. The summed E-state index contributed by atoms with van der Waals surface area (Å²) < 4.78 is 0. The molecule has 2 amide bonds. The molecule has 1 unspecified atom stereocenters. The largest absolute Gasteiger partial charge is 0.372 e. The molecule has 3 heterocycles. The van der Waals surface area contributed by atoms with Crippen LogP contribution < -0.4 is 27.0 Å². The number of nitrogens with two attached hydrogens (primary N) is 2. The average molecular weight is 487 g/mol. The van der Waals surface area contributed by atoms with Crippen molar-refractivity contribution in [1.29, 1.82) is 0 Å². The van der Waals surface area contributed by atoms with Crippen LogP contribution in [0.15, 0.2) is 42.9 Å². The van der Waals surface area contributed by atoms with Gasteiger partial charge in [-0.25, -0.2) is 9.97 Å². The van der Waals surface area contributed by atoms with E-state index in [-0.39, 0.29) is 18.4 Å². The van der Waals surface area contributed by atoms with Gasteiger partial charge in [0.1, 0.15) is 17.8 Å². The first-order valence-corrected chi connectivity index (χ1v) is 11.5. The van der Waals surface area contributed by atoms with E-state index in [1.54, 1.807) is 6.33 Å². The lowest BCUT2D eigenvalue weighted by atomic mass is 9.87. The maximum Gasteiger partial charge on any atom is 0.240 e. The highest BCUT2D eigenvalue weighted by Crippen LogP contribution is 2.29. The molecule has 1 atom stereocenters. The van der Waals surface area contributed by atoms with Crippen molar-refractivity contribution in [2.45, 2.75) is 30.8 Å². The molecule has 1 aromatic carbocycles. The third-order valence-electron chi connectivity index (χ3n) is 6.00. The molecule has 4 rings (SSSR count). The zero-order valence-corrected chi connectivity index (χ0v) is 19.9. The zero-order chi connectivity index (χ0) is 24.6. The average Bonchev–Trinajstić information content (AvgIpc) is 3.32. The van der Waals surface area contributed by atoms with Crippen LogP contribution in [0.4, 0.5) is 5.82 Å². The number of halogens is 1. The number of carbonyl (C=O) groups excluding carboxylic acids is 2. The van der Waals surface area contributed by atoms with Crippen molar-refractivity contribution >= 4 is 40.8 Å². The first-order chi connectivity index (χ1) is 16.4. The Balaban J connectivity index is 0.00000103. The Morgan fingerprint density at radius 2 is 1.94 bits per heavy atom. The number of aromatic amines is 1. The van der Waals surface area contributed by atoms with Crippen molar-refractivity contribution in [3.63, 3.8) is 0 Å². The number of benzene rings is 1. The van der Waals surface area contributed by atoms with Crippen molar-refractivity contribution in [3.8, 4) is 0 Å². The predicted molar refractivity (Wildman–Crippen MR) is 133 cm³/mol. The maximum atomic E-state index is 13.2. The van der Waals surface area contributed by atoms with Gasteiger partial charge < -0.3 is 32.0 Å². The summed E-state index contributed by atoms with van der Waals surface area (Å²) in [5.41, 5.74) is 11.7. The molecule has 0 bridgehead atoms. The van der Waals surface area contributed by atoms with Gasteiger partial charge in [0, 0.05) is 24.3 Å². The van der Waals surface area contributed by atoms with Crippen molar-refractivity contribution in [1.82, 2.24) is 25.6 Å². The summed E-state index contributed by atoms with van der Waals surface area (Å²) in [4.78, 5) is 35.8. The van der Waals surface area contributed by atoms with E-state index in [0.717, 1.165) is 35.4 Å². The second-order valence-corrected chi connectivity index (χ2v) is 8.62. The fraction of sp³-hybridized carbons (Fsp3) is 0.391. The molecular weight excluding hydrogens is 456 g/mol. The third-order valence-corrected chi connectivity index (χ3v) is 6.25. The molecule has 7 N–H and O–H groups in total. The van der Waals surface area contributed by atoms with Gasteiger partial charge in [-0.2, -0.15) is 0 Å². The molecule has 10 nitrogen and oxygen atoms in total. The van der Waals surface area contributed by atoms with E-state index in [4.69, 9.17) is 22.1 Å². The van der Waals surface area contributed by atoms with Crippen molar-refractivity contribution in [2.75, 3.05) is 31.6 Å². The molecule has 34 heavy (non-hydrogen) atoms. The minimum absolute atomic E-state index is 0.113. The number of aromatic nitrogens is 3. The quantitative estimate of drug-likeness (QED) is 0.317. The molecule has 0 aliphatic carbocycles. The number of hydrogen-bond acceptors (Lipinski definition) is 7. The maximum absolute atomic E-state index is 13.2. The van der Waals surface area contributed by atoms with Gasteiger partial charge in [-0.15, -0.1) is 0 Å². The van der Waals surface area contributed by atoms with E-state index in [0.29, 0.717) is 31.0 Å². The second kappa shape index (κ2) is 11.8. The Hall–Kier alpha value is -3.21. The first-order valence-electron chi connectivity index (χ1n) is 11.1. The summed E-state index contributed by atoms with van der Waals surface area (Å²) >= 11 is 6.03. The van der Waals surface area contributed by atoms with Crippen LogP contribution in [0.3, 0.4) is 0 Å². The van der Waals surface area contributed by atoms with E-state index in [1.807, 2.05) is 43.6 Å². The molecule has 11 heteroatoms. The number of amides is 2. The third kappa shape index (κ3) is 6.02. The van der Waals surface area contributed by atoms with Gasteiger partial charge in [0.05, 0.1) is 17.0 Å². The first kappa shape index (κ1) is 25.4. The van der Waals surface area contributed by atoms with Crippen LogP contribution in [-0.4, -0.2) is 59.5 Å². The van der Waals surface area contributed by atoms with Crippen LogP contribution >= 0.6 is 11.6 Å². The fourth-order valence-corrected chi connectivity index (χ4v) is 4.19. The summed E-state index contributed by atoms with van der Waals surface area (Å²) in [5, 5.41) is 7.98. The van der Waals surface area contributed by atoms with Crippen molar-refractivity contribution in [3.05, 3.63) is 53.4 Å². The molecule has 1 aliphatic rings. The van der Waals surface area contributed by atoms with E-state index in [2.05, 4.69) is 36.2 Å². The standard InChI is InChI=1S/C22H28ClN7O.CH3NO/c1-25-10-7-18(15-2-4-16(23)5-3-15)29-21(31)22(24)8-12-30(13-9-22)20-17-6-11-26-19(17)27-14-28-20;2-1-3/h2-6,11,14,18,25H,7-10,12-13,24H2,1H3,(H,29,31)(H,26,27,28);1H,(H2,2,3). The molecule has 2 aromatic heterocycles. The van der Waals surface area contributed by atoms with Gasteiger partial charge in [0.25, 0.3) is 0 Å². The predicted octanol–water partition coefficient (Wildman–Crippen LogP) is 1.48. The minimum Gasteiger partial charge on any atom is -0.372 e. The topological polar surface area (TPSA) is 155 Å². The van der Waals surface area contributed by atoms with Gasteiger partial charge in [-0.3, -0.25) is 9.59 Å². The number of nitrogens with one attached hydrogen (secondary N) is 3. The highest BCUT2D eigenvalue weighted by Gasteiger charge is 2.39. The lowest BCUT2D eigenvalue weighted by Crippen LogP contribution is -2.60. The number of fused-ring (bicyclic) bond motifs is 1. The molecule has 0 spiro atoms. The Bertz CT molecular complexity index is 1080. The highest BCUT2D eigenvalue weighted by atomic mass is 35.5. The zero-order valence-electron chi connectivity index (χ0n) is 19.1. The van der Waals surface area contributed by atoms with Crippen LogP contribution in [0.1, 0.15) is 30.9 Å². The van der Waals surface area contributed by atoms with Gasteiger partial charge >= 0.3 is 0 Å². The van der Waals surface area contributed by atoms with Crippen LogP contribution in [0.5, 0.6) is 0 Å². The van der Waals surface area contributed by atoms with E-state index in [1.165, 1.54) is 0 Å². The van der Waals surface area contributed by atoms with Crippen LogP contribution in [0.25, 0.3) is 11.0 Å². The Morgan fingerprint density at radius 3 is 2.59 bits per heavy atom. The molecule has 0 radical (unpaired) electrons. The van der Waals surface area contributed by atoms with Crippen LogP contribution in [-0.2, 0) is 9.59 Å². The number of carbonyl (C=O) groups is 2. The highest BCUT2D eigenvalue weighted by molar-refractivity contribution is 6.30. The molecular formula is C23H31ClN8O2. The summed E-state index contributed by atoms with van der Waals surface area (Å²) in [6.45, 7) is 2.09. The van der Waals surface area contributed by atoms with Gasteiger partial charge in [-0.1, -0.05) is 23.7 Å². The smallest absolute Gasteiger partial charge is 0.240 e. The van der Waals surface area contributed by atoms with E-state index >= 15 is 0 Å². The number of nitrogens with zero attached hydrogens (tertiary/aromatic N) is 3. The number of piperidine rings is 1. The van der Waals surface area contributed by atoms with Gasteiger partial charge in [0.2, 0.25) is 12.3 Å². The van der Waals surface area contributed by atoms with Gasteiger partial charge in [0.15, 0.2) is 0 Å². The number of hydrogen-bond donors (Lipinski definition) is 5. The molecule has 182 valence electrons. The fourth-order valence-electron chi connectivity index (χ4n) is 4.06. The van der Waals surface area contributed by atoms with Crippen LogP contribution in [0, 0.1) is 0 Å². The number of primary amides is 1. The monoisotopic (exact) mass is 486 g/mol. The van der Waals surface area contributed by atoms with Crippen molar-refractivity contribution in [2.24, 2.45) is 11.5 Å². The lowest BCUT2D eigenvalue weighted by molar-refractivity contribution is -0.128. The Labute approximate surface area is 203 Å². The molecule has 1 aliphatic heterocycles. The molecule has 3 aromatic rings.